The van der Waals surface area contributed by atoms with Crippen molar-refractivity contribution >= 4 is 17.9 Å². The van der Waals surface area contributed by atoms with Gasteiger partial charge in [0.15, 0.2) is 24.1 Å². The number of benzene rings is 3. The molecule has 1 saturated heterocycles. The Kier molecular flexibility index (Phi) is 9.46. The van der Waals surface area contributed by atoms with Gasteiger partial charge in [-0.15, -0.1) is 0 Å². The largest absolute Gasteiger partial charge is 0.488 e. The highest BCUT2D eigenvalue weighted by Crippen LogP contribution is 2.44. The second-order valence-electron chi connectivity index (χ2n) is 8.44. The third kappa shape index (κ3) is 6.45. The van der Waals surface area contributed by atoms with Gasteiger partial charge in [-0.05, 0) is 50.6 Å². The summed E-state index contributed by atoms with van der Waals surface area (Å²) in [5.74, 6) is -1.17. The van der Waals surface area contributed by atoms with E-state index in [1.54, 1.807) is 31.3 Å². The summed E-state index contributed by atoms with van der Waals surface area (Å²) in [6.45, 7) is 1.06. The van der Waals surface area contributed by atoms with E-state index in [9.17, 15) is 4.79 Å². The van der Waals surface area contributed by atoms with Gasteiger partial charge in [0.25, 0.3) is 0 Å². The summed E-state index contributed by atoms with van der Waals surface area (Å²) in [6, 6.07) is 12.7. The van der Waals surface area contributed by atoms with E-state index < -0.39 is 11.6 Å². The minimum absolute atomic E-state index is 0.00720. The number of nitrogens with one attached hydrogen (secondary N) is 1. The van der Waals surface area contributed by atoms with Gasteiger partial charge in [0.2, 0.25) is 0 Å². The molecule has 1 unspecified atom stereocenters. The number of hydrogen-bond donors (Lipinski definition) is 1. The first-order valence-electron chi connectivity index (χ1n) is 12.1. The van der Waals surface area contributed by atoms with Crippen molar-refractivity contribution in [1.82, 2.24) is 5.32 Å². The summed E-state index contributed by atoms with van der Waals surface area (Å²) in [7, 11) is 1.68. The maximum Gasteiger partial charge on any atom is 0.173 e. The maximum atomic E-state index is 15.9. The van der Waals surface area contributed by atoms with Gasteiger partial charge in [0.05, 0.1) is 11.6 Å². The molecule has 1 N–H and O–H groups in total. The van der Waals surface area contributed by atoms with E-state index in [-0.39, 0.29) is 59.3 Å². The zero-order valence-electron chi connectivity index (χ0n) is 20.4. The summed E-state index contributed by atoms with van der Waals surface area (Å²) >= 11 is 6.39. The predicted octanol–water partition coefficient (Wildman–Crippen LogP) is 6.53. The first kappa shape index (κ1) is 27.0. The van der Waals surface area contributed by atoms with Crippen LogP contribution in [0.3, 0.4) is 0 Å². The Morgan fingerprint density at radius 3 is 2.59 bits per heavy atom. The molecule has 0 radical (unpaired) electrons. The van der Waals surface area contributed by atoms with Crippen molar-refractivity contribution in [3.05, 3.63) is 76.3 Å². The van der Waals surface area contributed by atoms with Crippen LogP contribution in [0, 0.1) is 11.6 Å². The van der Waals surface area contributed by atoms with Crippen molar-refractivity contribution in [2.75, 3.05) is 26.9 Å². The van der Waals surface area contributed by atoms with Gasteiger partial charge in [-0.1, -0.05) is 29.8 Å². The predicted molar refractivity (Wildman–Crippen MR) is 137 cm³/mol. The molecule has 0 aromatic heterocycles. The van der Waals surface area contributed by atoms with E-state index in [0.29, 0.717) is 24.2 Å². The maximum absolute atomic E-state index is 15.9. The summed E-state index contributed by atoms with van der Waals surface area (Å²) in [6.07, 6.45) is 3.02. The number of halogens is 3. The molecule has 0 spiro atoms. The SMILES string of the molecule is CNCc1c(Oc2ccccc2)cc(F)c(Cl)c1-c1c(C=O)ccc(OCCOC2CCCCO2)c1F. The molecule has 0 bridgehead atoms. The van der Waals surface area contributed by atoms with Crippen LogP contribution in [0.1, 0.15) is 35.2 Å². The van der Waals surface area contributed by atoms with Crippen molar-refractivity contribution in [2.45, 2.75) is 32.1 Å². The molecule has 1 fully saturated rings. The van der Waals surface area contributed by atoms with Crippen LogP contribution in [0.15, 0.2) is 48.5 Å². The molecule has 1 heterocycles. The van der Waals surface area contributed by atoms with Crippen molar-refractivity contribution in [3.8, 4) is 28.4 Å². The van der Waals surface area contributed by atoms with E-state index >= 15 is 8.78 Å². The molecule has 1 aliphatic heterocycles. The number of carbonyl (C=O) groups is 1. The standard InChI is InChI=1S/C28H28ClF2NO5/c1-32-16-20-23(37-19-7-3-2-4-8-19)15-21(30)27(29)26(20)25-18(17-33)10-11-22(28(25)31)34-13-14-36-24-9-5-6-12-35-24/h2-4,7-8,10-11,15,17,24,32H,5-6,9,12-14,16H2,1H3. The second kappa shape index (κ2) is 13.0. The smallest absolute Gasteiger partial charge is 0.173 e. The lowest BCUT2D eigenvalue weighted by atomic mass is 9.93. The van der Waals surface area contributed by atoms with Crippen LogP contribution in [-0.2, 0) is 16.0 Å². The first-order chi connectivity index (χ1) is 18.0. The topological polar surface area (TPSA) is 66.0 Å². The molecular weight excluding hydrogens is 504 g/mol. The number of ether oxygens (including phenoxy) is 4. The number of hydrogen-bond acceptors (Lipinski definition) is 6. The van der Waals surface area contributed by atoms with Gasteiger partial charge in [0.1, 0.15) is 23.9 Å². The molecule has 3 aromatic carbocycles. The van der Waals surface area contributed by atoms with E-state index in [1.165, 1.54) is 12.1 Å². The first-order valence-corrected chi connectivity index (χ1v) is 12.4. The summed E-state index contributed by atoms with van der Waals surface area (Å²) in [4.78, 5) is 11.9. The lowest BCUT2D eigenvalue weighted by Gasteiger charge is -2.23. The molecule has 37 heavy (non-hydrogen) atoms. The Morgan fingerprint density at radius 1 is 1.08 bits per heavy atom. The van der Waals surface area contributed by atoms with Crippen molar-refractivity contribution in [3.63, 3.8) is 0 Å². The highest BCUT2D eigenvalue weighted by Gasteiger charge is 2.26. The minimum atomic E-state index is -0.839. The molecule has 6 nitrogen and oxygen atoms in total. The number of carbonyl (C=O) groups excluding carboxylic acids is 1. The molecule has 3 aromatic rings. The van der Waals surface area contributed by atoms with Crippen LogP contribution in [0.2, 0.25) is 5.02 Å². The Hall–Kier alpha value is -3.04. The van der Waals surface area contributed by atoms with Crippen LogP contribution in [0.4, 0.5) is 8.78 Å². The summed E-state index contributed by atoms with van der Waals surface area (Å²) in [5.41, 5.74) is 0.220. The normalized spacial score (nSPS) is 15.4. The number of rotatable bonds is 11. The number of para-hydroxylation sites is 1. The lowest BCUT2D eigenvalue weighted by Crippen LogP contribution is -2.24. The fourth-order valence-corrected chi connectivity index (χ4v) is 4.43. The van der Waals surface area contributed by atoms with Crippen LogP contribution in [0.25, 0.3) is 11.1 Å². The van der Waals surface area contributed by atoms with Crippen LogP contribution >= 0.6 is 11.6 Å². The fourth-order valence-electron chi connectivity index (χ4n) is 4.17. The van der Waals surface area contributed by atoms with Crippen molar-refractivity contribution < 1.29 is 32.5 Å². The second-order valence-corrected chi connectivity index (χ2v) is 8.82. The molecule has 0 aliphatic carbocycles. The Balaban J connectivity index is 1.69. The quantitative estimate of drug-likeness (QED) is 0.224. The summed E-state index contributed by atoms with van der Waals surface area (Å²) < 4.78 is 53.6. The number of aldehydes is 1. The molecular formula is C28H28ClF2NO5. The average molecular weight is 532 g/mol. The third-order valence-electron chi connectivity index (χ3n) is 5.91. The van der Waals surface area contributed by atoms with E-state index in [1.807, 2.05) is 6.07 Å². The van der Waals surface area contributed by atoms with Crippen LogP contribution < -0.4 is 14.8 Å². The fraction of sp³-hybridized carbons (Fsp3) is 0.321. The molecule has 1 atom stereocenters. The van der Waals surface area contributed by atoms with Gasteiger partial charge >= 0.3 is 0 Å². The van der Waals surface area contributed by atoms with Gasteiger partial charge in [-0.25, -0.2) is 8.78 Å². The van der Waals surface area contributed by atoms with E-state index in [0.717, 1.165) is 25.3 Å². The van der Waals surface area contributed by atoms with Gasteiger partial charge in [-0.3, -0.25) is 4.79 Å². The molecule has 9 heteroatoms. The minimum Gasteiger partial charge on any atom is -0.488 e. The molecule has 0 amide bonds. The van der Waals surface area contributed by atoms with Crippen LogP contribution in [-0.4, -0.2) is 39.4 Å². The van der Waals surface area contributed by atoms with Gasteiger partial charge in [0, 0.05) is 41.5 Å². The lowest BCUT2D eigenvalue weighted by molar-refractivity contribution is -0.165. The zero-order valence-corrected chi connectivity index (χ0v) is 21.2. The van der Waals surface area contributed by atoms with Gasteiger partial charge < -0.3 is 24.3 Å². The van der Waals surface area contributed by atoms with E-state index in [2.05, 4.69) is 5.32 Å². The Labute approximate surface area is 219 Å². The molecule has 4 rings (SSSR count). The Morgan fingerprint density at radius 2 is 1.89 bits per heavy atom. The molecule has 0 saturated carbocycles. The monoisotopic (exact) mass is 531 g/mol. The highest BCUT2D eigenvalue weighted by atomic mass is 35.5. The van der Waals surface area contributed by atoms with E-state index in [4.69, 9.17) is 30.5 Å². The third-order valence-corrected chi connectivity index (χ3v) is 6.28. The van der Waals surface area contributed by atoms with Crippen molar-refractivity contribution in [2.24, 2.45) is 0 Å². The zero-order chi connectivity index (χ0) is 26.2. The van der Waals surface area contributed by atoms with Crippen molar-refractivity contribution in [1.29, 1.82) is 0 Å². The molecule has 1 aliphatic rings. The molecule has 196 valence electrons. The highest BCUT2D eigenvalue weighted by molar-refractivity contribution is 6.34. The average Bonchev–Trinajstić information content (AvgIpc) is 2.92. The Bertz CT molecular complexity index is 1220. The summed E-state index contributed by atoms with van der Waals surface area (Å²) in [5, 5.41) is 2.65. The van der Waals surface area contributed by atoms with Crippen LogP contribution in [0.5, 0.6) is 17.2 Å². The van der Waals surface area contributed by atoms with Gasteiger partial charge in [-0.2, -0.15) is 0 Å².